The van der Waals surface area contributed by atoms with Crippen molar-refractivity contribution < 1.29 is 4.79 Å². The summed E-state index contributed by atoms with van der Waals surface area (Å²) in [6, 6.07) is 18.7. The molecule has 1 amide bonds. The van der Waals surface area contributed by atoms with E-state index in [1.807, 2.05) is 63.2 Å². The third-order valence-corrected chi connectivity index (χ3v) is 5.89. The Labute approximate surface area is 200 Å². The fourth-order valence-electron chi connectivity index (χ4n) is 4.13. The molecule has 0 aliphatic rings. The van der Waals surface area contributed by atoms with E-state index < -0.39 is 11.6 Å². The van der Waals surface area contributed by atoms with Gasteiger partial charge in [0, 0.05) is 18.7 Å². The molecular weight excluding hydrogens is 426 g/mol. The van der Waals surface area contributed by atoms with Crippen LogP contribution in [-0.2, 0) is 6.54 Å². The molecule has 0 aliphatic carbocycles. The number of carbonyl (C=O) groups excluding carboxylic acids is 1. The van der Waals surface area contributed by atoms with E-state index in [0.717, 1.165) is 11.1 Å². The lowest BCUT2D eigenvalue weighted by Crippen LogP contribution is -2.43. The molecule has 2 aromatic carbocycles. The van der Waals surface area contributed by atoms with Crippen LogP contribution >= 0.6 is 0 Å². The molecule has 1 heterocycles. The van der Waals surface area contributed by atoms with Crippen molar-refractivity contribution in [2.24, 2.45) is 11.7 Å². The van der Waals surface area contributed by atoms with E-state index in [-0.39, 0.29) is 30.6 Å². The van der Waals surface area contributed by atoms with Gasteiger partial charge in [0.05, 0.1) is 18.2 Å². The van der Waals surface area contributed by atoms with E-state index >= 15 is 0 Å². The first-order chi connectivity index (χ1) is 16.3. The van der Waals surface area contributed by atoms with Gasteiger partial charge in [-0.1, -0.05) is 61.9 Å². The number of nitrogens with zero attached hydrogens (tertiary/aromatic N) is 4. The maximum absolute atomic E-state index is 13.6. The van der Waals surface area contributed by atoms with Gasteiger partial charge in [-0.05, 0) is 37.5 Å². The Morgan fingerprint density at radius 2 is 1.76 bits per heavy atom. The number of hydrogen-bond donors (Lipinski definition) is 1. The number of amides is 1. The fourth-order valence-corrected chi connectivity index (χ4v) is 4.13. The van der Waals surface area contributed by atoms with Crippen LogP contribution in [-0.4, -0.2) is 33.4 Å². The van der Waals surface area contributed by atoms with Crippen LogP contribution in [0.3, 0.4) is 0 Å². The van der Waals surface area contributed by atoms with Crippen molar-refractivity contribution in [2.75, 3.05) is 13.1 Å². The number of rotatable bonds is 8. The first-order valence-corrected chi connectivity index (χ1v) is 11.4. The van der Waals surface area contributed by atoms with Crippen LogP contribution < -0.4 is 11.3 Å². The minimum Gasteiger partial charge on any atom is -0.329 e. The molecule has 0 saturated carbocycles. The second-order valence-corrected chi connectivity index (χ2v) is 8.77. The third kappa shape index (κ3) is 5.24. The number of hydrogen-bond acceptors (Lipinski definition) is 5. The molecule has 0 fully saturated rings. The summed E-state index contributed by atoms with van der Waals surface area (Å²) in [7, 11) is 0. The molecule has 1 unspecified atom stereocenters. The molecule has 0 bridgehead atoms. The molecule has 176 valence electrons. The van der Waals surface area contributed by atoms with Gasteiger partial charge in [-0.3, -0.25) is 9.59 Å². The first-order valence-electron chi connectivity index (χ1n) is 11.4. The maximum atomic E-state index is 13.6. The summed E-state index contributed by atoms with van der Waals surface area (Å²) in [6.45, 7) is 8.41. The van der Waals surface area contributed by atoms with Gasteiger partial charge in [0.15, 0.2) is 0 Å². The van der Waals surface area contributed by atoms with Crippen molar-refractivity contribution in [3.63, 3.8) is 0 Å². The van der Waals surface area contributed by atoms with Crippen LogP contribution in [0.15, 0.2) is 59.4 Å². The highest BCUT2D eigenvalue weighted by molar-refractivity contribution is 5.94. The van der Waals surface area contributed by atoms with Crippen molar-refractivity contribution >= 4 is 5.91 Å². The van der Waals surface area contributed by atoms with Crippen molar-refractivity contribution in [2.45, 2.75) is 40.3 Å². The molecule has 1 atom stereocenters. The van der Waals surface area contributed by atoms with Crippen molar-refractivity contribution in [1.29, 1.82) is 5.26 Å². The van der Waals surface area contributed by atoms with Crippen LogP contribution in [0.4, 0.5) is 0 Å². The Morgan fingerprint density at radius 1 is 1.12 bits per heavy atom. The van der Waals surface area contributed by atoms with Crippen LogP contribution in [0, 0.1) is 31.1 Å². The zero-order chi connectivity index (χ0) is 24.8. The number of aryl methyl sites for hydroxylation is 1. The Balaban J connectivity index is 2.22. The number of aromatic nitrogens is 2. The normalized spacial score (nSPS) is 11.8. The van der Waals surface area contributed by atoms with Gasteiger partial charge >= 0.3 is 0 Å². The molecule has 7 nitrogen and oxygen atoms in total. The maximum Gasteiger partial charge on any atom is 0.277 e. The van der Waals surface area contributed by atoms with Gasteiger partial charge < -0.3 is 15.2 Å². The van der Waals surface area contributed by atoms with Crippen molar-refractivity contribution in [3.05, 3.63) is 98.7 Å². The summed E-state index contributed by atoms with van der Waals surface area (Å²) in [5.74, 6) is 0.104. The Kier molecular flexibility index (Phi) is 7.98. The summed E-state index contributed by atoms with van der Waals surface area (Å²) in [5.41, 5.74) is 8.55. The lowest BCUT2D eigenvalue weighted by Gasteiger charge is -2.35. The average molecular weight is 458 g/mol. The molecule has 3 aromatic rings. The summed E-state index contributed by atoms with van der Waals surface area (Å²) in [5, 5.41) is 9.96. The minimum atomic E-state index is -0.554. The predicted molar refractivity (Wildman–Crippen MR) is 132 cm³/mol. The van der Waals surface area contributed by atoms with Crippen LogP contribution in [0.2, 0.25) is 0 Å². The summed E-state index contributed by atoms with van der Waals surface area (Å²) >= 11 is 0. The number of nitrogens with two attached hydrogens (primary N) is 1. The molecule has 2 N–H and O–H groups in total. The highest BCUT2D eigenvalue weighted by Crippen LogP contribution is 2.30. The Bertz CT molecular complexity index is 1240. The summed E-state index contributed by atoms with van der Waals surface area (Å²) in [4.78, 5) is 32.5. The average Bonchev–Trinajstić information content (AvgIpc) is 2.82. The van der Waals surface area contributed by atoms with Crippen LogP contribution in [0.25, 0.3) is 0 Å². The van der Waals surface area contributed by atoms with Crippen LogP contribution in [0.1, 0.15) is 58.5 Å². The van der Waals surface area contributed by atoms with Crippen molar-refractivity contribution in [1.82, 2.24) is 14.5 Å². The second-order valence-electron chi connectivity index (χ2n) is 8.77. The molecule has 0 spiro atoms. The topological polar surface area (TPSA) is 105 Å². The lowest BCUT2D eigenvalue weighted by atomic mass is 9.98. The smallest absolute Gasteiger partial charge is 0.277 e. The number of nitriles is 1. The van der Waals surface area contributed by atoms with E-state index in [9.17, 15) is 14.9 Å². The summed E-state index contributed by atoms with van der Waals surface area (Å²) < 4.78 is 1.77. The summed E-state index contributed by atoms with van der Waals surface area (Å²) in [6.07, 6.45) is 0. The molecule has 1 aromatic heterocycles. The van der Waals surface area contributed by atoms with Gasteiger partial charge in [-0.2, -0.15) is 10.2 Å². The minimum absolute atomic E-state index is 0.0934. The zero-order valence-corrected chi connectivity index (χ0v) is 20.2. The van der Waals surface area contributed by atoms with Gasteiger partial charge in [0.2, 0.25) is 0 Å². The molecular formula is C27H31N5O2. The van der Waals surface area contributed by atoms with E-state index in [4.69, 9.17) is 5.73 Å². The van der Waals surface area contributed by atoms with E-state index in [2.05, 4.69) is 11.1 Å². The number of carbonyl (C=O) groups is 1. The van der Waals surface area contributed by atoms with Crippen molar-refractivity contribution in [3.8, 4) is 6.07 Å². The van der Waals surface area contributed by atoms with Gasteiger partial charge in [0.25, 0.3) is 11.5 Å². The first kappa shape index (κ1) is 24.9. The zero-order valence-electron chi connectivity index (χ0n) is 20.2. The van der Waals surface area contributed by atoms with E-state index in [0.29, 0.717) is 23.5 Å². The number of benzene rings is 2. The third-order valence-electron chi connectivity index (χ3n) is 5.89. The highest BCUT2D eigenvalue weighted by Gasteiger charge is 2.33. The quantitative estimate of drug-likeness (QED) is 0.557. The molecule has 0 saturated heterocycles. The SMILES string of the molecule is Cc1ccc(C(=O)N(CCN)C(c2nc(=O)c(C)c(C#N)n2Cc2ccccc2)C(C)C)cc1. The van der Waals surface area contributed by atoms with E-state index in [1.165, 1.54) is 0 Å². The standard InChI is InChI=1S/C27H31N5O2/c1-18(2)24(31(15-14-28)27(34)22-12-10-19(3)11-13-22)25-30-26(33)20(4)23(16-29)32(25)17-21-8-6-5-7-9-21/h5-13,18,24H,14-15,17,28H2,1-4H3. The molecule has 7 heteroatoms. The fraction of sp³-hybridized carbons (Fsp3) is 0.333. The largest absolute Gasteiger partial charge is 0.329 e. The monoisotopic (exact) mass is 457 g/mol. The van der Waals surface area contributed by atoms with Crippen LogP contribution in [0.5, 0.6) is 0 Å². The predicted octanol–water partition coefficient (Wildman–Crippen LogP) is 3.58. The second kappa shape index (κ2) is 10.9. The highest BCUT2D eigenvalue weighted by atomic mass is 16.2. The lowest BCUT2D eigenvalue weighted by molar-refractivity contribution is 0.0611. The molecule has 3 rings (SSSR count). The Hall–Kier alpha value is -3.76. The Morgan fingerprint density at radius 3 is 2.32 bits per heavy atom. The van der Waals surface area contributed by atoms with Gasteiger partial charge in [0.1, 0.15) is 17.6 Å². The molecule has 0 radical (unpaired) electrons. The van der Waals surface area contributed by atoms with Gasteiger partial charge in [-0.15, -0.1) is 0 Å². The molecule has 34 heavy (non-hydrogen) atoms. The van der Waals surface area contributed by atoms with E-state index in [1.54, 1.807) is 28.5 Å². The van der Waals surface area contributed by atoms with Gasteiger partial charge in [-0.25, -0.2) is 0 Å². The molecule has 0 aliphatic heterocycles.